The fraction of sp³-hybridized carbons (Fsp3) is 0.667. The molecule has 3 rings (SSSR count). The van der Waals surface area contributed by atoms with Crippen LogP contribution in [-0.4, -0.2) is 91.1 Å². The molecule has 0 bridgehead atoms. The second-order valence-electron chi connectivity index (χ2n) is 7.76. The number of aliphatic hydroxyl groups is 1. The van der Waals surface area contributed by atoms with Gasteiger partial charge >= 0.3 is 0 Å². The second kappa shape index (κ2) is 11.9. The number of nitrogens with one attached hydrogen (secondary N) is 2. The predicted octanol–water partition coefficient (Wildman–Crippen LogP) is -0.513. The molecule has 0 radical (unpaired) electrons. The number of rotatable bonds is 9. The highest BCUT2D eigenvalue weighted by Gasteiger charge is 2.32. The number of carbonyl (C=O) groups excluding carboxylic acids is 2. The summed E-state index contributed by atoms with van der Waals surface area (Å²) in [5, 5.41) is 15.6. The Morgan fingerprint density at radius 3 is 2.77 bits per heavy atom. The molecule has 9 nitrogen and oxygen atoms in total. The Labute approximate surface area is 177 Å². The second-order valence-corrected chi connectivity index (χ2v) is 7.76. The van der Waals surface area contributed by atoms with Gasteiger partial charge in [-0.2, -0.15) is 0 Å². The summed E-state index contributed by atoms with van der Waals surface area (Å²) >= 11 is 0. The summed E-state index contributed by atoms with van der Waals surface area (Å²) in [6.45, 7) is 3.51. The summed E-state index contributed by atoms with van der Waals surface area (Å²) < 4.78 is 11.3. The third kappa shape index (κ3) is 7.32. The third-order valence-corrected chi connectivity index (χ3v) is 5.47. The van der Waals surface area contributed by atoms with Gasteiger partial charge in [0.25, 0.3) is 0 Å². The average Bonchev–Trinajstić information content (AvgIpc) is 2.76. The van der Waals surface area contributed by atoms with E-state index >= 15 is 0 Å². The molecule has 0 spiro atoms. The quantitative estimate of drug-likeness (QED) is 0.493. The van der Waals surface area contributed by atoms with Crippen molar-refractivity contribution in [2.24, 2.45) is 0 Å². The Morgan fingerprint density at radius 1 is 1.20 bits per heavy atom. The van der Waals surface area contributed by atoms with E-state index in [9.17, 15) is 14.7 Å². The van der Waals surface area contributed by atoms with Crippen molar-refractivity contribution < 1.29 is 24.2 Å². The van der Waals surface area contributed by atoms with E-state index in [2.05, 4.69) is 20.5 Å². The molecule has 0 aromatic carbocycles. The molecule has 2 aliphatic heterocycles. The molecule has 2 saturated heterocycles. The minimum atomic E-state index is -0.429. The van der Waals surface area contributed by atoms with Gasteiger partial charge in [-0.1, -0.05) is 6.07 Å². The molecular formula is C21H32N4O5. The van der Waals surface area contributed by atoms with Gasteiger partial charge in [-0.15, -0.1) is 0 Å². The zero-order valence-corrected chi connectivity index (χ0v) is 17.3. The molecule has 2 fully saturated rings. The number of hydrogen-bond acceptors (Lipinski definition) is 7. The smallest absolute Gasteiger partial charge is 0.234 e. The minimum absolute atomic E-state index is 0.0512. The van der Waals surface area contributed by atoms with Gasteiger partial charge in [0, 0.05) is 31.5 Å². The monoisotopic (exact) mass is 420 g/mol. The Hall–Kier alpha value is -2.07. The van der Waals surface area contributed by atoms with Crippen LogP contribution in [0, 0.1) is 0 Å². The molecule has 166 valence electrons. The maximum atomic E-state index is 12.3. The summed E-state index contributed by atoms with van der Waals surface area (Å²) in [5.74, 6) is -0.124. The van der Waals surface area contributed by atoms with Crippen molar-refractivity contribution in [3.05, 3.63) is 30.1 Å². The van der Waals surface area contributed by atoms with Crippen LogP contribution in [0.25, 0.3) is 0 Å². The normalized spacial score (nSPS) is 24.9. The van der Waals surface area contributed by atoms with E-state index in [1.807, 2.05) is 18.2 Å². The molecule has 30 heavy (non-hydrogen) atoms. The highest BCUT2D eigenvalue weighted by Crippen LogP contribution is 2.21. The fourth-order valence-electron chi connectivity index (χ4n) is 3.83. The number of amides is 2. The molecule has 3 N–H and O–H groups in total. The third-order valence-electron chi connectivity index (χ3n) is 5.47. The predicted molar refractivity (Wildman–Crippen MR) is 110 cm³/mol. The Balaban J connectivity index is 1.35. The molecular weight excluding hydrogens is 388 g/mol. The molecule has 1 aromatic rings. The van der Waals surface area contributed by atoms with Crippen LogP contribution >= 0.6 is 0 Å². The van der Waals surface area contributed by atoms with Crippen molar-refractivity contribution in [2.45, 2.75) is 43.9 Å². The number of nitrogens with zero attached hydrogens (tertiary/aromatic N) is 2. The first-order valence-corrected chi connectivity index (χ1v) is 10.7. The van der Waals surface area contributed by atoms with Gasteiger partial charge in [0.15, 0.2) is 0 Å². The summed E-state index contributed by atoms with van der Waals surface area (Å²) in [4.78, 5) is 30.6. The number of pyridine rings is 1. The number of carbonyl (C=O) groups is 2. The van der Waals surface area contributed by atoms with Crippen LogP contribution in [-0.2, 0) is 25.5 Å². The van der Waals surface area contributed by atoms with E-state index in [-0.39, 0.29) is 37.0 Å². The van der Waals surface area contributed by atoms with E-state index in [0.717, 1.165) is 31.6 Å². The van der Waals surface area contributed by atoms with Crippen LogP contribution in [0.2, 0.25) is 0 Å². The van der Waals surface area contributed by atoms with E-state index in [0.29, 0.717) is 32.7 Å². The molecule has 3 atom stereocenters. The lowest BCUT2D eigenvalue weighted by molar-refractivity contribution is -0.130. The van der Waals surface area contributed by atoms with E-state index < -0.39 is 6.10 Å². The maximum Gasteiger partial charge on any atom is 0.234 e. The Kier molecular flexibility index (Phi) is 9.00. The zero-order chi connectivity index (χ0) is 21.2. The molecule has 3 heterocycles. The van der Waals surface area contributed by atoms with Crippen molar-refractivity contribution in [2.75, 3.05) is 46.0 Å². The van der Waals surface area contributed by atoms with Crippen LogP contribution < -0.4 is 10.6 Å². The van der Waals surface area contributed by atoms with Crippen molar-refractivity contribution in [1.82, 2.24) is 20.5 Å². The molecule has 2 amide bonds. The number of aliphatic hydroxyl groups excluding tert-OH is 1. The highest BCUT2D eigenvalue weighted by molar-refractivity contribution is 5.78. The van der Waals surface area contributed by atoms with Crippen LogP contribution in [0.5, 0.6) is 0 Å². The van der Waals surface area contributed by atoms with Gasteiger partial charge in [0.2, 0.25) is 11.8 Å². The van der Waals surface area contributed by atoms with Gasteiger partial charge in [-0.3, -0.25) is 19.5 Å². The molecule has 0 aliphatic carbocycles. The summed E-state index contributed by atoms with van der Waals surface area (Å²) in [7, 11) is 0. The zero-order valence-electron chi connectivity index (χ0n) is 17.3. The summed E-state index contributed by atoms with van der Waals surface area (Å²) in [6, 6.07) is 5.30. The number of morpholine rings is 1. The first kappa shape index (κ1) is 22.6. The van der Waals surface area contributed by atoms with Crippen molar-refractivity contribution in [3.63, 3.8) is 0 Å². The lowest BCUT2D eigenvalue weighted by Crippen LogP contribution is -2.53. The Morgan fingerprint density at radius 2 is 2.03 bits per heavy atom. The largest absolute Gasteiger partial charge is 0.394 e. The van der Waals surface area contributed by atoms with E-state index in [4.69, 9.17) is 9.47 Å². The van der Waals surface area contributed by atoms with Crippen molar-refractivity contribution in [1.29, 1.82) is 0 Å². The van der Waals surface area contributed by atoms with Gasteiger partial charge in [-0.25, -0.2) is 0 Å². The van der Waals surface area contributed by atoms with Crippen molar-refractivity contribution in [3.8, 4) is 0 Å². The fourth-order valence-corrected chi connectivity index (χ4v) is 3.83. The standard InChI is InChI=1S/C21H32N4O5/c26-15-19-18(24-21(28)14-25-9-11-29-12-10-25)5-4-17(30-19)6-8-23-20(27)13-16-3-1-2-7-22-16/h1-3,7,17-19,26H,4-6,8-15H2,(H,23,27)(H,24,28)/t17-,18-,19+/m1/s1. The first-order chi connectivity index (χ1) is 14.6. The molecule has 1 aromatic heterocycles. The number of hydrogen-bond donors (Lipinski definition) is 3. The van der Waals surface area contributed by atoms with Gasteiger partial charge in [0.1, 0.15) is 6.10 Å². The summed E-state index contributed by atoms with van der Waals surface area (Å²) in [6.07, 6.45) is 3.62. The SMILES string of the molecule is O=C(Cc1ccccn1)NCC[C@H]1CC[C@@H](NC(=O)CN2CCOCC2)[C@H](CO)O1. The van der Waals surface area contributed by atoms with Crippen LogP contribution in [0.3, 0.4) is 0 Å². The number of ether oxygens (including phenoxy) is 2. The van der Waals surface area contributed by atoms with E-state index in [1.54, 1.807) is 6.20 Å². The highest BCUT2D eigenvalue weighted by atomic mass is 16.5. The van der Waals surface area contributed by atoms with Gasteiger partial charge in [-0.05, 0) is 31.4 Å². The van der Waals surface area contributed by atoms with Crippen LogP contribution in [0.4, 0.5) is 0 Å². The van der Waals surface area contributed by atoms with Crippen LogP contribution in [0.1, 0.15) is 25.0 Å². The molecule has 0 saturated carbocycles. The van der Waals surface area contributed by atoms with E-state index in [1.165, 1.54) is 0 Å². The average molecular weight is 421 g/mol. The first-order valence-electron chi connectivity index (χ1n) is 10.7. The molecule has 2 aliphatic rings. The molecule has 0 unspecified atom stereocenters. The lowest BCUT2D eigenvalue weighted by Gasteiger charge is -2.36. The van der Waals surface area contributed by atoms with Crippen LogP contribution in [0.15, 0.2) is 24.4 Å². The number of aromatic nitrogens is 1. The van der Waals surface area contributed by atoms with Gasteiger partial charge < -0.3 is 25.2 Å². The Bertz CT molecular complexity index is 669. The minimum Gasteiger partial charge on any atom is -0.394 e. The lowest BCUT2D eigenvalue weighted by atomic mass is 9.97. The van der Waals surface area contributed by atoms with Gasteiger partial charge in [0.05, 0.1) is 44.9 Å². The maximum absolute atomic E-state index is 12.3. The molecule has 9 heteroatoms. The topological polar surface area (TPSA) is 113 Å². The van der Waals surface area contributed by atoms with Crippen molar-refractivity contribution >= 4 is 11.8 Å². The summed E-state index contributed by atoms with van der Waals surface area (Å²) in [5.41, 5.74) is 0.736.